The van der Waals surface area contributed by atoms with E-state index in [0.717, 1.165) is 4.47 Å². The van der Waals surface area contributed by atoms with Crippen LogP contribution in [0.25, 0.3) is 0 Å². The van der Waals surface area contributed by atoms with Crippen molar-refractivity contribution in [2.24, 2.45) is 0 Å². The van der Waals surface area contributed by atoms with Gasteiger partial charge in [-0.25, -0.2) is 0 Å². The molecule has 18 heavy (non-hydrogen) atoms. The molecule has 0 bridgehead atoms. The maximum absolute atomic E-state index is 10.3. The van der Waals surface area contributed by atoms with Crippen molar-refractivity contribution in [3.63, 3.8) is 0 Å². The Labute approximate surface area is 128 Å². The van der Waals surface area contributed by atoms with Gasteiger partial charge in [-0.05, 0) is 45.8 Å². The van der Waals surface area contributed by atoms with Gasteiger partial charge >= 0.3 is 0 Å². The molecule has 0 saturated heterocycles. The minimum absolute atomic E-state index is 0.425. The summed E-state index contributed by atoms with van der Waals surface area (Å²) in [4.78, 5) is 0. The van der Waals surface area contributed by atoms with Gasteiger partial charge in [-0.2, -0.15) is 0 Å². The normalized spacial score (nSPS) is 12.5. The van der Waals surface area contributed by atoms with Gasteiger partial charge in [0.25, 0.3) is 0 Å². The highest BCUT2D eigenvalue weighted by Crippen LogP contribution is 2.33. The number of benzene rings is 2. The summed E-state index contributed by atoms with van der Waals surface area (Å²) in [5, 5.41) is 11.8. The molecule has 1 nitrogen and oxygen atoms in total. The van der Waals surface area contributed by atoms with Crippen LogP contribution in [0.2, 0.25) is 15.1 Å². The van der Waals surface area contributed by atoms with E-state index in [2.05, 4.69) is 15.9 Å². The molecule has 5 heteroatoms. The SMILES string of the molecule is OC(c1ccc(Br)c(Cl)c1)c1ccc(Cl)cc1Cl. The Morgan fingerprint density at radius 2 is 1.67 bits per heavy atom. The molecule has 0 amide bonds. The minimum Gasteiger partial charge on any atom is -0.384 e. The number of halogens is 4. The number of hydrogen-bond acceptors (Lipinski definition) is 1. The first-order valence-electron chi connectivity index (χ1n) is 5.07. The van der Waals surface area contributed by atoms with Crippen LogP contribution >= 0.6 is 50.7 Å². The van der Waals surface area contributed by atoms with Crippen LogP contribution in [0, 0.1) is 0 Å². The standard InChI is InChI=1S/C13H8BrCl3O/c14-10-4-1-7(5-12(10)17)13(18)9-3-2-8(15)6-11(9)16/h1-6,13,18H. The summed E-state index contributed by atoms with van der Waals surface area (Å²) in [6, 6.07) is 10.2. The van der Waals surface area contributed by atoms with E-state index < -0.39 is 6.10 Å². The highest BCUT2D eigenvalue weighted by molar-refractivity contribution is 9.10. The van der Waals surface area contributed by atoms with E-state index in [0.29, 0.717) is 26.2 Å². The van der Waals surface area contributed by atoms with Crippen molar-refractivity contribution >= 4 is 50.7 Å². The minimum atomic E-state index is -0.833. The number of rotatable bonds is 2. The lowest BCUT2D eigenvalue weighted by molar-refractivity contribution is 0.220. The third-order valence-electron chi connectivity index (χ3n) is 2.52. The van der Waals surface area contributed by atoms with Gasteiger partial charge in [0.15, 0.2) is 0 Å². The average Bonchev–Trinajstić information content (AvgIpc) is 2.32. The van der Waals surface area contributed by atoms with Gasteiger partial charge in [0.1, 0.15) is 6.10 Å². The van der Waals surface area contributed by atoms with Crippen LogP contribution in [-0.4, -0.2) is 5.11 Å². The van der Waals surface area contributed by atoms with Crippen LogP contribution in [0.15, 0.2) is 40.9 Å². The lowest BCUT2D eigenvalue weighted by Crippen LogP contribution is -2.00. The Morgan fingerprint density at radius 1 is 0.944 bits per heavy atom. The lowest BCUT2D eigenvalue weighted by Gasteiger charge is -2.14. The fraction of sp³-hybridized carbons (Fsp3) is 0.0769. The van der Waals surface area contributed by atoms with E-state index in [9.17, 15) is 5.11 Å². The van der Waals surface area contributed by atoms with Gasteiger partial charge in [-0.15, -0.1) is 0 Å². The van der Waals surface area contributed by atoms with Crippen LogP contribution in [0.1, 0.15) is 17.2 Å². The number of aliphatic hydroxyl groups excluding tert-OH is 1. The average molecular weight is 366 g/mol. The fourth-order valence-electron chi connectivity index (χ4n) is 1.59. The van der Waals surface area contributed by atoms with Crippen molar-refractivity contribution in [3.05, 3.63) is 67.1 Å². The van der Waals surface area contributed by atoms with E-state index in [4.69, 9.17) is 34.8 Å². The highest BCUT2D eigenvalue weighted by atomic mass is 79.9. The Balaban J connectivity index is 2.41. The molecule has 0 saturated carbocycles. The molecule has 1 unspecified atom stereocenters. The molecular weight excluding hydrogens is 358 g/mol. The zero-order chi connectivity index (χ0) is 13.3. The summed E-state index contributed by atoms with van der Waals surface area (Å²) in [5.74, 6) is 0. The van der Waals surface area contributed by atoms with E-state index >= 15 is 0 Å². The Kier molecular flexibility index (Phi) is 4.57. The monoisotopic (exact) mass is 364 g/mol. The molecule has 2 rings (SSSR count). The predicted octanol–water partition coefficient (Wildman–Crippen LogP) is 5.49. The van der Waals surface area contributed by atoms with Gasteiger partial charge < -0.3 is 5.11 Å². The third kappa shape index (κ3) is 3.01. The topological polar surface area (TPSA) is 20.2 Å². The summed E-state index contributed by atoms with van der Waals surface area (Å²) >= 11 is 21.2. The molecule has 0 aromatic heterocycles. The van der Waals surface area contributed by atoms with Crippen molar-refractivity contribution in [3.8, 4) is 0 Å². The molecule has 0 heterocycles. The summed E-state index contributed by atoms with van der Waals surface area (Å²) in [7, 11) is 0. The van der Waals surface area contributed by atoms with Gasteiger partial charge in [-0.1, -0.05) is 46.9 Å². The summed E-state index contributed by atoms with van der Waals surface area (Å²) in [6.45, 7) is 0. The maximum Gasteiger partial charge on any atom is 0.106 e. The summed E-state index contributed by atoms with van der Waals surface area (Å²) in [6.07, 6.45) is -0.833. The zero-order valence-corrected chi connectivity index (χ0v) is 12.9. The molecule has 0 radical (unpaired) electrons. The second kappa shape index (κ2) is 5.81. The highest BCUT2D eigenvalue weighted by Gasteiger charge is 2.15. The Hall–Kier alpha value is -0.250. The third-order valence-corrected chi connectivity index (χ3v) is 4.31. The van der Waals surface area contributed by atoms with E-state index in [1.165, 1.54) is 0 Å². The smallest absolute Gasteiger partial charge is 0.106 e. The van der Waals surface area contributed by atoms with Crippen molar-refractivity contribution in [1.82, 2.24) is 0 Å². The van der Waals surface area contributed by atoms with E-state index in [1.807, 2.05) is 0 Å². The molecule has 94 valence electrons. The molecule has 0 aliphatic carbocycles. The van der Waals surface area contributed by atoms with Gasteiger partial charge in [0, 0.05) is 20.1 Å². The quantitative estimate of drug-likeness (QED) is 0.745. The van der Waals surface area contributed by atoms with E-state index in [1.54, 1.807) is 36.4 Å². The first-order valence-corrected chi connectivity index (χ1v) is 6.99. The van der Waals surface area contributed by atoms with Crippen molar-refractivity contribution in [1.29, 1.82) is 0 Å². The first kappa shape index (κ1) is 14.2. The Bertz CT molecular complexity index is 586. The number of hydrogen-bond donors (Lipinski definition) is 1. The van der Waals surface area contributed by atoms with Crippen LogP contribution < -0.4 is 0 Å². The molecule has 0 spiro atoms. The maximum atomic E-state index is 10.3. The zero-order valence-electron chi connectivity index (χ0n) is 9.00. The molecule has 0 aliphatic heterocycles. The van der Waals surface area contributed by atoms with Crippen LogP contribution in [-0.2, 0) is 0 Å². The summed E-state index contributed by atoms with van der Waals surface area (Å²) < 4.78 is 0.780. The number of aliphatic hydroxyl groups is 1. The van der Waals surface area contributed by atoms with Gasteiger partial charge in [0.2, 0.25) is 0 Å². The molecule has 1 N–H and O–H groups in total. The van der Waals surface area contributed by atoms with Crippen LogP contribution in [0.3, 0.4) is 0 Å². The van der Waals surface area contributed by atoms with Crippen LogP contribution in [0.4, 0.5) is 0 Å². The Morgan fingerprint density at radius 3 is 2.28 bits per heavy atom. The van der Waals surface area contributed by atoms with Crippen molar-refractivity contribution in [2.45, 2.75) is 6.10 Å². The largest absolute Gasteiger partial charge is 0.384 e. The molecule has 0 fully saturated rings. The lowest BCUT2D eigenvalue weighted by atomic mass is 10.0. The second-order valence-corrected chi connectivity index (χ2v) is 5.85. The second-order valence-electron chi connectivity index (χ2n) is 3.74. The van der Waals surface area contributed by atoms with Gasteiger partial charge in [-0.3, -0.25) is 0 Å². The molecule has 2 aromatic carbocycles. The molecule has 2 aromatic rings. The first-order chi connectivity index (χ1) is 8.49. The molecule has 1 atom stereocenters. The van der Waals surface area contributed by atoms with Gasteiger partial charge in [0.05, 0.1) is 5.02 Å². The summed E-state index contributed by atoms with van der Waals surface area (Å²) in [5.41, 5.74) is 1.27. The fourth-order valence-corrected chi connectivity index (χ4v) is 2.53. The van der Waals surface area contributed by atoms with Crippen molar-refractivity contribution < 1.29 is 5.11 Å². The molecular formula is C13H8BrCl3O. The molecule has 0 aliphatic rings. The van der Waals surface area contributed by atoms with Crippen LogP contribution in [0.5, 0.6) is 0 Å². The predicted molar refractivity (Wildman–Crippen MR) is 79.7 cm³/mol. The van der Waals surface area contributed by atoms with E-state index in [-0.39, 0.29) is 0 Å². The van der Waals surface area contributed by atoms with Crippen molar-refractivity contribution in [2.75, 3.05) is 0 Å².